The lowest BCUT2D eigenvalue weighted by molar-refractivity contribution is 0.321. The summed E-state index contributed by atoms with van der Waals surface area (Å²) in [5.74, 6) is 0. The number of aromatic nitrogens is 4. The van der Waals surface area contributed by atoms with Gasteiger partial charge in [-0.3, -0.25) is 19.9 Å². The normalized spacial score (nSPS) is 10.2. The Kier molecular flexibility index (Phi) is 7.52. The van der Waals surface area contributed by atoms with Crippen LogP contribution in [0.25, 0.3) is 0 Å². The second kappa shape index (κ2) is 9.49. The predicted molar refractivity (Wildman–Crippen MR) is 80.1 cm³/mol. The van der Waals surface area contributed by atoms with Crippen molar-refractivity contribution in [3.05, 3.63) is 47.6 Å². The highest BCUT2D eigenvalue weighted by molar-refractivity contribution is 5.77. The van der Waals surface area contributed by atoms with Gasteiger partial charge in [-0.1, -0.05) is 19.0 Å². The van der Waals surface area contributed by atoms with E-state index in [0.29, 0.717) is 12.2 Å². The highest BCUT2D eigenvalue weighted by Gasteiger charge is 1.98. The standard InChI is InChI=1S/C7H9N3O.C7H11N3/c1-2-6-7(5-10-11)9-4-3-8-6;1-2-6-7(5-8)10-4-3-9-6/h3-5,11H,2H2,1H3;3-4H,2,5,8H2,1H3. The van der Waals surface area contributed by atoms with E-state index in [9.17, 15) is 0 Å². The minimum atomic E-state index is 0.483. The number of hydrogen-bond donors (Lipinski definition) is 2. The molecule has 7 nitrogen and oxygen atoms in total. The molecule has 3 N–H and O–H groups in total. The first-order valence-corrected chi connectivity index (χ1v) is 6.72. The first kappa shape index (κ1) is 16.6. The molecule has 0 saturated carbocycles. The first-order chi connectivity index (χ1) is 10.3. The summed E-state index contributed by atoms with van der Waals surface area (Å²) in [7, 11) is 0. The van der Waals surface area contributed by atoms with Gasteiger partial charge in [0.15, 0.2) is 0 Å². The molecule has 2 aromatic rings. The van der Waals surface area contributed by atoms with Gasteiger partial charge in [0.05, 0.1) is 23.3 Å². The van der Waals surface area contributed by atoms with Gasteiger partial charge >= 0.3 is 0 Å². The lowest BCUT2D eigenvalue weighted by atomic mass is 10.2. The number of nitrogens with zero attached hydrogens (tertiary/aromatic N) is 5. The topological polar surface area (TPSA) is 110 Å². The monoisotopic (exact) mass is 288 g/mol. The van der Waals surface area contributed by atoms with E-state index in [-0.39, 0.29) is 0 Å². The van der Waals surface area contributed by atoms with Crippen molar-refractivity contribution in [1.82, 2.24) is 19.9 Å². The number of aryl methyl sites for hydroxylation is 2. The summed E-state index contributed by atoms with van der Waals surface area (Å²) in [6.07, 6.45) is 9.52. The van der Waals surface area contributed by atoms with Crippen molar-refractivity contribution in [2.24, 2.45) is 10.9 Å². The van der Waals surface area contributed by atoms with Gasteiger partial charge in [0.2, 0.25) is 0 Å². The summed E-state index contributed by atoms with van der Waals surface area (Å²) in [6.45, 7) is 4.50. The van der Waals surface area contributed by atoms with E-state index in [2.05, 4.69) is 25.1 Å². The SMILES string of the molecule is CCc1nccnc1C=NO.CCc1nccnc1CN. The Bertz CT molecular complexity index is 550. The fourth-order valence-electron chi connectivity index (χ4n) is 1.67. The van der Waals surface area contributed by atoms with Crippen molar-refractivity contribution < 1.29 is 5.21 Å². The second-order valence-electron chi connectivity index (χ2n) is 3.99. The van der Waals surface area contributed by atoms with Crippen molar-refractivity contribution in [3.63, 3.8) is 0 Å². The fraction of sp³-hybridized carbons (Fsp3) is 0.357. The first-order valence-electron chi connectivity index (χ1n) is 6.72. The Morgan fingerprint density at radius 1 is 0.952 bits per heavy atom. The fourth-order valence-corrected chi connectivity index (χ4v) is 1.67. The van der Waals surface area contributed by atoms with Gasteiger partial charge in [0.1, 0.15) is 5.69 Å². The van der Waals surface area contributed by atoms with Gasteiger partial charge < -0.3 is 10.9 Å². The van der Waals surface area contributed by atoms with Crippen molar-refractivity contribution in [3.8, 4) is 0 Å². The van der Waals surface area contributed by atoms with Crippen LogP contribution < -0.4 is 5.73 Å². The van der Waals surface area contributed by atoms with Crippen molar-refractivity contribution in [1.29, 1.82) is 0 Å². The molecule has 7 heteroatoms. The van der Waals surface area contributed by atoms with E-state index in [1.807, 2.05) is 13.8 Å². The molecule has 0 unspecified atom stereocenters. The molecular formula is C14H20N6O. The van der Waals surface area contributed by atoms with Gasteiger partial charge in [-0.25, -0.2) is 0 Å². The van der Waals surface area contributed by atoms with Crippen LogP contribution in [0, 0.1) is 0 Å². The molecule has 0 bridgehead atoms. The van der Waals surface area contributed by atoms with E-state index < -0.39 is 0 Å². The van der Waals surface area contributed by atoms with Gasteiger partial charge in [-0.2, -0.15) is 0 Å². The zero-order valence-corrected chi connectivity index (χ0v) is 12.3. The maximum absolute atomic E-state index is 8.24. The van der Waals surface area contributed by atoms with Gasteiger partial charge in [-0.15, -0.1) is 0 Å². The number of rotatable bonds is 4. The zero-order valence-electron chi connectivity index (χ0n) is 12.3. The van der Waals surface area contributed by atoms with Gasteiger partial charge in [0.25, 0.3) is 0 Å². The molecule has 2 heterocycles. The maximum Gasteiger partial charge on any atom is 0.106 e. The van der Waals surface area contributed by atoms with Gasteiger partial charge in [0, 0.05) is 31.3 Å². The van der Waals surface area contributed by atoms with Crippen molar-refractivity contribution in [2.45, 2.75) is 33.2 Å². The molecule has 21 heavy (non-hydrogen) atoms. The minimum absolute atomic E-state index is 0.483. The third-order valence-electron chi connectivity index (χ3n) is 2.71. The number of nitrogens with two attached hydrogens (primary N) is 1. The zero-order chi connectivity index (χ0) is 15.5. The van der Waals surface area contributed by atoms with Crippen LogP contribution in [0.2, 0.25) is 0 Å². The third-order valence-corrected chi connectivity index (χ3v) is 2.71. The molecule has 0 amide bonds. The van der Waals surface area contributed by atoms with Crippen LogP contribution in [0.5, 0.6) is 0 Å². The van der Waals surface area contributed by atoms with Crippen LogP contribution >= 0.6 is 0 Å². The molecule has 0 aromatic carbocycles. The van der Waals surface area contributed by atoms with Crippen LogP contribution in [0.15, 0.2) is 29.9 Å². The smallest absolute Gasteiger partial charge is 0.106 e. The second-order valence-corrected chi connectivity index (χ2v) is 3.99. The van der Waals surface area contributed by atoms with Gasteiger partial charge in [-0.05, 0) is 12.8 Å². The molecule has 112 valence electrons. The Hall–Kier alpha value is -2.41. The summed E-state index contributed by atoms with van der Waals surface area (Å²) >= 11 is 0. The Labute approximate surface area is 124 Å². The van der Waals surface area contributed by atoms with Crippen LogP contribution in [0.1, 0.15) is 36.6 Å². The lowest BCUT2D eigenvalue weighted by Gasteiger charge is -1.99. The highest BCUT2D eigenvalue weighted by atomic mass is 16.4. The molecule has 0 aliphatic heterocycles. The molecule has 2 rings (SSSR count). The van der Waals surface area contributed by atoms with Crippen LogP contribution in [-0.4, -0.2) is 31.4 Å². The van der Waals surface area contributed by atoms with E-state index in [0.717, 1.165) is 29.9 Å². The van der Waals surface area contributed by atoms with E-state index in [1.54, 1.807) is 24.8 Å². The molecular weight excluding hydrogens is 268 g/mol. The maximum atomic E-state index is 8.24. The molecule has 0 aliphatic carbocycles. The minimum Gasteiger partial charge on any atom is -0.411 e. The van der Waals surface area contributed by atoms with Crippen LogP contribution in [0.3, 0.4) is 0 Å². The Morgan fingerprint density at radius 2 is 1.48 bits per heavy atom. The summed E-state index contributed by atoms with van der Waals surface area (Å²) in [5.41, 5.74) is 8.80. The molecule has 0 atom stereocenters. The number of hydrogen-bond acceptors (Lipinski definition) is 7. The molecule has 0 fully saturated rings. The molecule has 0 radical (unpaired) electrons. The molecule has 2 aromatic heterocycles. The molecule has 0 aliphatic rings. The quantitative estimate of drug-likeness (QED) is 0.499. The molecule has 0 spiro atoms. The Balaban J connectivity index is 0.000000211. The number of oxime groups is 1. The largest absolute Gasteiger partial charge is 0.411 e. The lowest BCUT2D eigenvalue weighted by Crippen LogP contribution is -2.05. The highest BCUT2D eigenvalue weighted by Crippen LogP contribution is 1.99. The summed E-state index contributed by atoms with van der Waals surface area (Å²) in [6, 6.07) is 0. The average molecular weight is 288 g/mol. The van der Waals surface area contributed by atoms with E-state index >= 15 is 0 Å². The average Bonchev–Trinajstić information content (AvgIpc) is 2.56. The van der Waals surface area contributed by atoms with Crippen LogP contribution in [0.4, 0.5) is 0 Å². The van der Waals surface area contributed by atoms with Crippen molar-refractivity contribution >= 4 is 6.21 Å². The van der Waals surface area contributed by atoms with Crippen LogP contribution in [-0.2, 0) is 19.4 Å². The van der Waals surface area contributed by atoms with Crippen molar-refractivity contribution in [2.75, 3.05) is 0 Å². The third kappa shape index (κ3) is 5.23. The summed E-state index contributed by atoms with van der Waals surface area (Å²) in [4.78, 5) is 16.2. The summed E-state index contributed by atoms with van der Waals surface area (Å²) in [5, 5.41) is 11.1. The Morgan fingerprint density at radius 3 is 1.95 bits per heavy atom. The summed E-state index contributed by atoms with van der Waals surface area (Å²) < 4.78 is 0. The van der Waals surface area contributed by atoms with E-state index in [1.165, 1.54) is 6.21 Å². The predicted octanol–water partition coefficient (Wildman–Crippen LogP) is 1.34. The van der Waals surface area contributed by atoms with E-state index in [4.69, 9.17) is 10.9 Å². The molecule has 0 saturated heterocycles.